The molecule has 0 aliphatic carbocycles. The van der Waals surface area contributed by atoms with Gasteiger partial charge in [-0.3, -0.25) is 14.5 Å². The van der Waals surface area contributed by atoms with Crippen LogP contribution >= 0.6 is 11.8 Å². The van der Waals surface area contributed by atoms with E-state index in [0.717, 1.165) is 15.8 Å². The van der Waals surface area contributed by atoms with Gasteiger partial charge >= 0.3 is 12.4 Å². The first-order valence-corrected chi connectivity index (χ1v) is 10.2. The molecule has 3 aromatic rings. The SMILES string of the molecule is O=C1SC(Cc2ccc(C(F)(F)F)cc2C(F)(F)F)C(=O)N1Cc1c[nH]c2ccccc12. The Morgan fingerprint density at radius 2 is 1.66 bits per heavy atom. The predicted octanol–water partition coefficient (Wildman–Crippen LogP) is 6.01. The Morgan fingerprint density at radius 3 is 2.34 bits per heavy atom. The molecule has 1 fully saturated rings. The van der Waals surface area contributed by atoms with Gasteiger partial charge in [-0.25, -0.2) is 0 Å². The van der Waals surface area contributed by atoms with Gasteiger partial charge in [-0.15, -0.1) is 0 Å². The first kappa shape index (κ1) is 22.3. The van der Waals surface area contributed by atoms with Gasteiger partial charge in [-0.1, -0.05) is 36.0 Å². The Balaban J connectivity index is 1.58. The zero-order valence-electron chi connectivity index (χ0n) is 16.1. The maximum atomic E-state index is 13.4. The molecule has 0 saturated carbocycles. The highest BCUT2D eigenvalue weighted by Gasteiger charge is 2.43. The van der Waals surface area contributed by atoms with Crippen LogP contribution in [0.15, 0.2) is 48.7 Å². The lowest BCUT2D eigenvalue weighted by Crippen LogP contribution is -2.32. The molecule has 0 radical (unpaired) electrons. The van der Waals surface area contributed by atoms with Gasteiger partial charge in [0.15, 0.2) is 0 Å². The molecule has 2 heterocycles. The van der Waals surface area contributed by atoms with Crippen LogP contribution in [0.4, 0.5) is 31.1 Å². The molecule has 1 aliphatic rings. The molecule has 4 rings (SSSR count). The van der Waals surface area contributed by atoms with Crippen molar-refractivity contribution in [2.75, 3.05) is 0 Å². The fourth-order valence-corrected chi connectivity index (χ4v) is 4.61. The highest BCUT2D eigenvalue weighted by Crippen LogP contribution is 2.39. The standard InChI is InChI=1S/C21H14F6N2O2S/c22-20(23,24)13-6-5-11(15(8-13)21(25,26)27)7-17-18(30)29(19(31)32-17)10-12-9-28-16-4-2-1-3-14(12)16/h1-6,8-9,17,28H,7,10H2. The van der Waals surface area contributed by atoms with Crippen LogP contribution in [0, 0.1) is 0 Å². The average molecular weight is 472 g/mol. The van der Waals surface area contributed by atoms with E-state index < -0.39 is 51.9 Å². The number of fused-ring (bicyclic) bond motifs is 1. The number of thioether (sulfide) groups is 1. The first-order valence-electron chi connectivity index (χ1n) is 9.29. The predicted molar refractivity (Wildman–Crippen MR) is 106 cm³/mol. The van der Waals surface area contributed by atoms with Crippen molar-refractivity contribution in [3.8, 4) is 0 Å². The molecule has 4 nitrogen and oxygen atoms in total. The molecule has 1 aliphatic heterocycles. The number of para-hydroxylation sites is 1. The van der Waals surface area contributed by atoms with E-state index in [4.69, 9.17) is 0 Å². The molecule has 0 bridgehead atoms. The number of hydrogen-bond donors (Lipinski definition) is 1. The monoisotopic (exact) mass is 472 g/mol. The number of amides is 2. The molecule has 0 spiro atoms. The van der Waals surface area contributed by atoms with Crippen LogP contribution in [0.2, 0.25) is 0 Å². The minimum absolute atomic E-state index is 0.0327. The van der Waals surface area contributed by atoms with Crippen LogP contribution in [0.5, 0.6) is 0 Å². The van der Waals surface area contributed by atoms with Gasteiger partial charge in [0.25, 0.3) is 5.24 Å². The highest BCUT2D eigenvalue weighted by atomic mass is 32.2. The second-order valence-electron chi connectivity index (χ2n) is 7.23. The van der Waals surface area contributed by atoms with E-state index in [1.165, 1.54) is 0 Å². The Bertz CT molecular complexity index is 1200. The van der Waals surface area contributed by atoms with Crippen molar-refractivity contribution in [2.24, 2.45) is 0 Å². The van der Waals surface area contributed by atoms with Gasteiger partial charge in [-0.05, 0) is 35.7 Å². The summed E-state index contributed by atoms with van der Waals surface area (Å²) in [6.45, 7) is -0.0652. The summed E-state index contributed by atoms with van der Waals surface area (Å²) >= 11 is 0.571. The minimum Gasteiger partial charge on any atom is -0.361 e. The fourth-order valence-electron chi connectivity index (χ4n) is 3.60. The Labute approximate surface area is 181 Å². The summed E-state index contributed by atoms with van der Waals surface area (Å²) in [7, 11) is 0. The summed E-state index contributed by atoms with van der Waals surface area (Å²) in [5, 5.41) is -0.986. The number of nitrogens with zero attached hydrogens (tertiary/aromatic N) is 1. The van der Waals surface area contributed by atoms with Gasteiger partial charge in [0.1, 0.15) is 0 Å². The minimum atomic E-state index is -5.04. The van der Waals surface area contributed by atoms with Crippen molar-refractivity contribution >= 4 is 33.8 Å². The molecular formula is C21H14F6N2O2S. The van der Waals surface area contributed by atoms with Gasteiger partial charge in [0, 0.05) is 17.1 Å². The van der Waals surface area contributed by atoms with E-state index in [2.05, 4.69) is 4.98 Å². The summed E-state index contributed by atoms with van der Waals surface area (Å²) in [6.07, 6.45) is -8.87. The van der Waals surface area contributed by atoms with E-state index in [9.17, 15) is 35.9 Å². The normalized spacial score (nSPS) is 17.6. The van der Waals surface area contributed by atoms with E-state index >= 15 is 0 Å². The van der Waals surface area contributed by atoms with Crippen molar-refractivity contribution in [1.29, 1.82) is 0 Å². The maximum absolute atomic E-state index is 13.4. The Kier molecular flexibility index (Phi) is 5.48. The van der Waals surface area contributed by atoms with Crippen molar-refractivity contribution in [2.45, 2.75) is 30.6 Å². The molecule has 1 N–H and O–H groups in total. The summed E-state index contributed by atoms with van der Waals surface area (Å²) in [6, 6.07) is 8.50. The number of carbonyl (C=O) groups is 2. The second-order valence-corrected chi connectivity index (χ2v) is 8.38. The lowest BCUT2D eigenvalue weighted by molar-refractivity contribution is -0.143. The number of benzene rings is 2. The summed E-state index contributed by atoms with van der Waals surface area (Å²) < 4.78 is 78.8. The molecule has 1 atom stereocenters. The van der Waals surface area contributed by atoms with Crippen molar-refractivity contribution in [1.82, 2.24) is 9.88 Å². The van der Waals surface area contributed by atoms with Crippen molar-refractivity contribution < 1.29 is 35.9 Å². The highest BCUT2D eigenvalue weighted by molar-refractivity contribution is 8.15. The summed E-state index contributed by atoms with van der Waals surface area (Å²) in [4.78, 5) is 29.1. The zero-order valence-corrected chi connectivity index (χ0v) is 16.9. The van der Waals surface area contributed by atoms with Gasteiger partial charge in [0.05, 0.1) is 22.9 Å². The molecule has 1 saturated heterocycles. The largest absolute Gasteiger partial charge is 0.416 e. The number of H-pyrrole nitrogens is 1. The zero-order chi connectivity index (χ0) is 23.3. The molecule has 11 heteroatoms. The lowest BCUT2D eigenvalue weighted by atomic mass is 9.98. The van der Waals surface area contributed by atoms with Crippen molar-refractivity contribution in [3.63, 3.8) is 0 Å². The van der Waals surface area contributed by atoms with Crippen LogP contribution < -0.4 is 0 Å². The number of halogens is 6. The fraction of sp³-hybridized carbons (Fsp3) is 0.238. The molecule has 1 aromatic heterocycles. The Hall–Kier alpha value is -2.95. The molecular weight excluding hydrogens is 458 g/mol. The molecule has 1 unspecified atom stereocenters. The topological polar surface area (TPSA) is 53.2 Å². The summed E-state index contributed by atoms with van der Waals surface area (Å²) in [5.74, 6) is -0.682. The van der Waals surface area contributed by atoms with Crippen LogP contribution in [-0.4, -0.2) is 26.3 Å². The van der Waals surface area contributed by atoms with Gasteiger partial charge < -0.3 is 4.98 Å². The van der Waals surface area contributed by atoms with Crippen LogP contribution in [0.1, 0.15) is 22.3 Å². The van der Waals surface area contributed by atoms with Crippen LogP contribution in [0.3, 0.4) is 0 Å². The number of nitrogens with one attached hydrogen (secondary N) is 1. The first-order chi connectivity index (χ1) is 14.9. The third-order valence-electron chi connectivity index (χ3n) is 5.16. The van der Waals surface area contributed by atoms with Crippen LogP contribution in [0.25, 0.3) is 10.9 Å². The van der Waals surface area contributed by atoms with E-state index in [1.54, 1.807) is 18.3 Å². The number of aromatic amines is 1. The number of hydrogen-bond acceptors (Lipinski definition) is 3. The molecule has 168 valence electrons. The third-order valence-corrected chi connectivity index (χ3v) is 6.23. The smallest absolute Gasteiger partial charge is 0.361 e. The lowest BCUT2D eigenvalue weighted by Gasteiger charge is -2.17. The number of alkyl halides is 6. The van der Waals surface area contributed by atoms with Gasteiger partial charge in [0.2, 0.25) is 5.91 Å². The number of aromatic nitrogens is 1. The number of imide groups is 1. The van der Waals surface area contributed by atoms with E-state index in [1.807, 2.05) is 12.1 Å². The van der Waals surface area contributed by atoms with E-state index in [-0.39, 0.29) is 12.6 Å². The molecule has 2 amide bonds. The average Bonchev–Trinajstić information content (AvgIpc) is 3.23. The molecule has 2 aromatic carbocycles. The Morgan fingerprint density at radius 1 is 0.938 bits per heavy atom. The maximum Gasteiger partial charge on any atom is 0.416 e. The van der Waals surface area contributed by atoms with Crippen molar-refractivity contribution in [3.05, 3.63) is 70.9 Å². The second kappa shape index (κ2) is 7.88. The third kappa shape index (κ3) is 4.21. The van der Waals surface area contributed by atoms with Crippen LogP contribution in [-0.2, 0) is 30.1 Å². The quantitative estimate of drug-likeness (QED) is 0.473. The number of carbonyl (C=O) groups excluding carboxylic acids is 2. The van der Waals surface area contributed by atoms with E-state index in [0.29, 0.717) is 29.5 Å². The summed E-state index contributed by atoms with van der Waals surface area (Å²) in [5.41, 5.74) is -1.92. The van der Waals surface area contributed by atoms with Gasteiger partial charge in [-0.2, -0.15) is 26.3 Å². The number of rotatable bonds is 4. The molecule has 32 heavy (non-hydrogen) atoms.